The average molecular weight is 205 g/mol. The van der Waals surface area contributed by atoms with Crippen LogP contribution in [0.2, 0.25) is 0 Å². The van der Waals surface area contributed by atoms with Gasteiger partial charge in [-0.05, 0) is 18.4 Å². The molecule has 1 fully saturated rings. The molecular weight excluding hydrogens is 190 g/mol. The maximum Gasteiger partial charge on any atom is 0.320 e. The van der Waals surface area contributed by atoms with Gasteiger partial charge in [0.2, 0.25) is 0 Å². The van der Waals surface area contributed by atoms with Gasteiger partial charge in [-0.3, -0.25) is 9.69 Å². The molecule has 0 aromatic heterocycles. The second-order valence-corrected chi connectivity index (χ2v) is 3.91. The summed E-state index contributed by atoms with van der Waals surface area (Å²) in [5, 5.41) is 8.86. The molecular formula is C12H15NO2. The molecule has 1 unspecified atom stereocenters. The van der Waals surface area contributed by atoms with Gasteiger partial charge < -0.3 is 5.11 Å². The van der Waals surface area contributed by atoms with Crippen molar-refractivity contribution >= 4 is 5.97 Å². The zero-order valence-electron chi connectivity index (χ0n) is 8.60. The van der Waals surface area contributed by atoms with Crippen molar-refractivity contribution in [2.75, 3.05) is 13.1 Å². The van der Waals surface area contributed by atoms with Gasteiger partial charge in [0.25, 0.3) is 0 Å². The highest BCUT2D eigenvalue weighted by Crippen LogP contribution is 2.17. The summed E-state index contributed by atoms with van der Waals surface area (Å²) in [4.78, 5) is 12.8. The van der Waals surface area contributed by atoms with Crippen molar-refractivity contribution < 1.29 is 9.90 Å². The highest BCUT2D eigenvalue weighted by Gasteiger charge is 2.33. The Morgan fingerprint density at radius 1 is 1.40 bits per heavy atom. The monoisotopic (exact) mass is 205 g/mol. The predicted molar refractivity (Wildman–Crippen MR) is 57.8 cm³/mol. The molecule has 1 aromatic rings. The number of carboxylic acid groups (broad SMARTS) is 1. The average Bonchev–Trinajstić information content (AvgIpc) is 2.17. The first kappa shape index (κ1) is 10.2. The van der Waals surface area contributed by atoms with Crippen molar-refractivity contribution in [2.24, 2.45) is 0 Å². The summed E-state index contributed by atoms with van der Waals surface area (Å²) >= 11 is 0. The van der Waals surface area contributed by atoms with Gasteiger partial charge in [-0.15, -0.1) is 0 Å². The van der Waals surface area contributed by atoms with Crippen LogP contribution < -0.4 is 0 Å². The number of carboxylic acids is 1. The third kappa shape index (κ3) is 2.36. The van der Waals surface area contributed by atoms with Crippen LogP contribution in [0.3, 0.4) is 0 Å². The Hall–Kier alpha value is -1.35. The molecule has 0 amide bonds. The quantitative estimate of drug-likeness (QED) is 0.807. The number of nitrogens with zero attached hydrogens (tertiary/aromatic N) is 1. The fourth-order valence-electron chi connectivity index (χ4n) is 1.91. The third-order valence-corrected chi connectivity index (χ3v) is 2.95. The van der Waals surface area contributed by atoms with E-state index >= 15 is 0 Å². The topological polar surface area (TPSA) is 40.5 Å². The van der Waals surface area contributed by atoms with Gasteiger partial charge in [0.1, 0.15) is 6.04 Å². The van der Waals surface area contributed by atoms with E-state index in [1.165, 1.54) is 5.56 Å². The van der Waals surface area contributed by atoms with Crippen LogP contribution in [0.4, 0.5) is 0 Å². The van der Waals surface area contributed by atoms with Gasteiger partial charge in [0, 0.05) is 13.1 Å². The molecule has 1 atom stereocenters. The van der Waals surface area contributed by atoms with Crippen molar-refractivity contribution in [1.82, 2.24) is 4.90 Å². The number of carbonyl (C=O) groups is 1. The Kier molecular flexibility index (Phi) is 3.02. The van der Waals surface area contributed by atoms with Gasteiger partial charge in [-0.2, -0.15) is 0 Å². The van der Waals surface area contributed by atoms with E-state index in [0.29, 0.717) is 0 Å². The first-order chi connectivity index (χ1) is 7.27. The lowest BCUT2D eigenvalue weighted by Gasteiger charge is -2.37. The Labute approximate surface area is 89.3 Å². The second-order valence-electron chi connectivity index (χ2n) is 3.91. The van der Waals surface area contributed by atoms with Crippen LogP contribution in [-0.2, 0) is 11.2 Å². The van der Waals surface area contributed by atoms with E-state index in [1.807, 2.05) is 23.1 Å². The van der Waals surface area contributed by atoms with Gasteiger partial charge >= 0.3 is 5.97 Å². The standard InChI is InChI=1S/C12H15NO2/c14-12(15)11-7-9-13(11)8-6-10-4-2-1-3-5-10/h1-5,11H,6-9H2,(H,14,15). The second kappa shape index (κ2) is 4.45. The molecule has 0 saturated carbocycles. The van der Waals surface area contributed by atoms with E-state index in [-0.39, 0.29) is 6.04 Å². The van der Waals surface area contributed by atoms with Gasteiger partial charge in [0.05, 0.1) is 0 Å². The molecule has 1 aliphatic heterocycles. The van der Waals surface area contributed by atoms with E-state index in [2.05, 4.69) is 12.1 Å². The predicted octanol–water partition coefficient (Wildman–Crippen LogP) is 1.39. The Morgan fingerprint density at radius 2 is 2.13 bits per heavy atom. The molecule has 0 radical (unpaired) electrons. The van der Waals surface area contributed by atoms with Crippen LogP contribution >= 0.6 is 0 Å². The minimum Gasteiger partial charge on any atom is -0.480 e. The smallest absolute Gasteiger partial charge is 0.320 e. The van der Waals surface area contributed by atoms with Gasteiger partial charge in [-0.1, -0.05) is 30.3 Å². The minimum absolute atomic E-state index is 0.242. The first-order valence-corrected chi connectivity index (χ1v) is 5.28. The van der Waals surface area contributed by atoms with Crippen molar-refractivity contribution in [2.45, 2.75) is 18.9 Å². The van der Waals surface area contributed by atoms with Crippen molar-refractivity contribution in [3.05, 3.63) is 35.9 Å². The van der Waals surface area contributed by atoms with Crippen molar-refractivity contribution in [3.63, 3.8) is 0 Å². The van der Waals surface area contributed by atoms with E-state index in [0.717, 1.165) is 25.9 Å². The third-order valence-electron chi connectivity index (χ3n) is 2.95. The molecule has 80 valence electrons. The molecule has 1 N–H and O–H groups in total. The molecule has 1 heterocycles. The fraction of sp³-hybridized carbons (Fsp3) is 0.417. The van der Waals surface area contributed by atoms with E-state index < -0.39 is 5.97 Å². The lowest BCUT2D eigenvalue weighted by Crippen LogP contribution is -2.52. The lowest BCUT2D eigenvalue weighted by atomic mass is 10.0. The molecule has 3 heteroatoms. The SMILES string of the molecule is O=C(O)C1CCN1CCc1ccccc1. The van der Waals surface area contributed by atoms with Crippen LogP contribution in [-0.4, -0.2) is 35.1 Å². The highest BCUT2D eigenvalue weighted by atomic mass is 16.4. The van der Waals surface area contributed by atoms with Crippen LogP contribution in [0.25, 0.3) is 0 Å². The van der Waals surface area contributed by atoms with Crippen molar-refractivity contribution in [1.29, 1.82) is 0 Å². The Balaban J connectivity index is 1.82. The summed E-state index contributed by atoms with van der Waals surface area (Å²) in [6.45, 7) is 1.77. The van der Waals surface area contributed by atoms with E-state index in [1.54, 1.807) is 0 Å². The zero-order valence-corrected chi connectivity index (χ0v) is 8.60. The fourth-order valence-corrected chi connectivity index (χ4v) is 1.91. The van der Waals surface area contributed by atoms with E-state index in [9.17, 15) is 4.79 Å². The highest BCUT2D eigenvalue weighted by molar-refractivity contribution is 5.74. The summed E-state index contributed by atoms with van der Waals surface area (Å²) in [5.74, 6) is -0.686. The normalized spacial score (nSPS) is 20.9. The summed E-state index contributed by atoms with van der Waals surface area (Å²) in [6, 6.07) is 9.94. The largest absolute Gasteiger partial charge is 0.480 e. The van der Waals surface area contributed by atoms with E-state index in [4.69, 9.17) is 5.11 Å². The number of rotatable bonds is 4. The lowest BCUT2D eigenvalue weighted by molar-refractivity contribution is -0.148. The summed E-state index contributed by atoms with van der Waals surface area (Å²) in [6.07, 6.45) is 1.73. The number of likely N-dealkylation sites (tertiary alicyclic amines) is 1. The molecule has 0 aliphatic carbocycles. The molecule has 15 heavy (non-hydrogen) atoms. The van der Waals surface area contributed by atoms with Crippen molar-refractivity contribution in [3.8, 4) is 0 Å². The van der Waals surface area contributed by atoms with Crippen LogP contribution in [0, 0.1) is 0 Å². The first-order valence-electron chi connectivity index (χ1n) is 5.28. The summed E-state index contributed by atoms with van der Waals surface area (Å²) in [5.41, 5.74) is 1.27. The number of hydrogen-bond acceptors (Lipinski definition) is 2. The summed E-state index contributed by atoms with van der Waals surface area (Å²) in [7, 11) is 0. The zero-order chi connectivity index (χ0) is 10.7. The van der Waals surface area contributed by atoms with Crippen LogP contribution in [0.1, 0.15) is 12.0 Å². The molecule has 1 saturated heterocycles. The maximum absolute atomic E-state index is 10.8. The number of hydrogen-bond donors (Lipinski definition) is 1. The van der Waals surface area contributed by atoms with Crippen LogP contribution in [0.15, 0.2) is 30.3 Å². The molecule has 1 aromatic carbocycles. The molecule has 0 spiro atoms. The Bertz CT molecular complexity index is 337. The minimum atomic E-state index is -0.686. The number of benzene rings is 1. The molecule has 0 bridgehead atoms. The summed E-state index contributed by atoms with van der Waals surface area (Å²) < 4.78 is 0. The number of aliphatic carboxylic acids is 1. The molecule has 3 nitrogen and oxygen atoms in total. The van der Waals surface area contributed by atoms with Gasteiger partial charge in [-0.25, -0.2) is 0 Å². The molecule has 2 rings (SSSR count). The van der Waals surface area contributed by atoms with Crippen LogP contribution in [0.5, 0.6) is 0 Å². The van der Waals surface area contributed by atoms with Gasteiger partial charge in [0.15, 0.2) is 0 Å². The molecule has 1 aliphatic rings. The maximum atomic E-state index is 10.8. The Morgan fingerprint density at radius 3 is 2.67 bits per heavy atom.